The van der Waals surface area contributed by atoms with Crippen LogP contribution in [0.15, 0.2) is 0 Å². The van der Waals surface area contributed by atoms with Gasteiger partial charge in [-0.25, -0.2) is 9.78 Å². The molecule has 2 rings (SSSR count). The number of carbonyl (C=O) groups is 1. The number of aromatic nitrogens is 2. The summed E-state index contributed by atoms with van der Waals surface area (Å²) in [5.74, 6) is 0.703. The molecule has 1 aliphatic rings. The average Bonchev–Trinajstić information content (AvgIpc) is 2.68. The topological polar surface area (TPSA) is 58.1 Å². The lowest BCUT2D eigenvalue weighted by atomic mass is 9.80. The molecule has 0 aromatic carbocycles. The lowest BCUT2D eigenvalue weighted by Crippen LogP contribution is -2.36. The van der Waals surface area contributed by atoms with Gasteiger partial charge in [0, 0.05) is 24.6 Å². The Morgan fingerprint density at radius 2 is 2.26 bits per heavy atom. The first-order valence-electron chi connectivity index (χ1n) is 6.89. The zero-order valence-corrected chi connectivity index (χ0v) is 12.7. The molecule has 0 aliphatic carbocycles. The van der Waals surface area contributed by atoms with Gasteiger partial charge in [0.15, 0.2) is 0 Å². The number of urea groups is 1. The van der Waals surface area contributed by atoms with E-state index in [1.54, 1.807) is 0 Å². The second-order valence-corrected chi connectivity index (χ2v) is 6.33. The monoisotopic (exact) mass is 282 g/mol. The van der Waals surface area contributed by atoms with Crippen LogP contribution >= 0.6 is 11.5 Å². The van der Waals surface area contributed by atoms with E-state index >= 15 is 0 Å². The number of carbonyl (C=O) groups excluding carboxylic acids is 1. The molecule has 1 fully saturated rings. The smallest absolute Gasteiger partial charge is 0.323 e. The van der Waals surface area contributed by atoms with Crippen molar-refractivity contribution in [1.29, 1.82) is 0 Å². The van der Waals surface area contributed by atoms with Gasteiger partial charge in [-0.05, 0) is 31.6 Å². The number of rotatable bonds is 2. The van der Waals surface area contributed by atoms with Crippen LogP contribution < -0.4 is 5.32 Å². The number of aryl methyl sites for hydroxylation is 1. The van der Waals surface area contributed by atoms with Crippen molar-refractivity contribution < 1.29 is 4.79 Å². The van der Waals surface area contributed by atoms with E-state index in [2.05, 4.69) is 28.5 Å². The van der Waals surface area contributed by atoms with E-state index in [0.29, 0.717) is 16.4 Å². The van der Waals surface area contributed by atoms with Crippen molar-refractivity contribution in [2.24, 2.45) is 5.41 Å². The van der Waals surface area contributed by atoms with Gasteiger partial charge in [-0.3, -0.25) is 5.32 Å². The fourth-order valence-electron chi connectivity index (χ4n) is 2.41. The number of anilines is 1. The molecule has 1 aromatic rings. The number of amides is 2. The van der Waals surface area contributed by atoms with Crippen molar-refractivity contribution in [3.8, 4) is 0 Å². The summed E-state index contributed by atoms with van der Waals surface area (Å²) >= 11 is 1.23. The maximum absolute atomic E-state index is 12.2. The molecule has 1 aromatic heterocycles. The molecule has 1 N–H and O–H groups in total. The summed E-state index contributed by atoms with van der Waals surface area (Å²) in [5, 5.41) is 3.43. The van der Waals surface area contributed by atoms with Gasteiger partial charge in [0.25, 0.3) is 0 Å². The summed E-state index contributed by atoms with van der Waals surface area (Å²) < 4.78 is 4.07. The van der Waals surface area contributed by atoms with Crippen LogP contribution in [-0.2, 0) is 0 Å². The van der Waals surface area contributed by atoms with E-state index < -0.39 is 0 Å². The largest absolute Gasteiger partial charge is 0.324 e. The number of nitrogens with zero attached hydrogens (tertiary/aromatic N) is 3. The number of hydrogen-bond donors (Lipinski definition) is 1. The molecular weight excluding hydrogens is 260 g/mol. The van der Waals surface area contributed by atoms with Crippen LogP contribution in [0.25, 0.3) is 0 Å². The highest BCUT2D eigenvalue weighted by Gasteiger charge is 2.28. The molecule has 0 radical (unpaired) electrons. The zero-order chi connectivity index (χ0) is 13.9. The van der Waals surface area contributed by atoms with Gasteiger partial charge in [0.05, 0.1) is 0 Å². The first-order valence-corrected chi connectivity index (χ1v) is 7.66. The molecule has 0 saturated carbocycles. The second kappa shape index (κ2) is 5.86. The predicted octanol–water partition coefficient (Wildman–Crippen LogP) is 3.28. The Balaban J connectivity index is 1.93. The highest BCUT2D eigenvalue weighted by atomic mass is 32.1. The van der Waals surface area contributed by atoms with Gasteiger partial charge in [-0.2, -0.15) is 4.37 Å². The van der Waals surface area contributed by atoms with Crippen LogP contribution in [0.3, 0.4) is 0 Å². The van der Waals surface area contributed by atoms with Crippen molar-refractivity contribution >= 4 is 22.7 Å². The molecule has 0 bridgehead atoms. The second-order valence-electron chi connectivity index (χ2n) is 5.58. The molecule has 1 unspecified atom stereocenters. The van der Waals surface area contributed by atoms with E-state index in [4.69, 9.17) is 0 Å². The third-order valence-electron chi connectivity index (χ3n) is 4.08. The van der Waals surface area contributed by atoms with Crippen LogP contribution in [-0.4, -0.2) is 33.4 Å². The van der Waals surface area contributed by atoms with E-state index in [0.717, 1.165) is 25.9 Å². The van der Waals surface area contributed by atoms with Gasteiger partial charge in [-0.1, -0.05) is 20.3 Å². The van der Waals surface area contributed by atoms with Crippen LogP contribution in [0.1, 0.15) is 45.4 Å². The first-order chi connectivity index (χ1) is 9.02. The molecule has 2 amide bonds. The molecule has 1 saturated heterocycles. The van der Waals surface area contributed by atoms with E-state index in [1.807, 2.05) is 11.8 Å². The fourth-order valence-corrected chi connectivity index (χ4v) is 2.98. The zero-order valence-electron chi connectivity index (χ0n) is 11.9. The molecular formula is C13H22N4OS. The van der Waals surface area contributed by atoms with Crippen LogP contribution in [0.2, 0.25) is 0 Å². The molecule has 19 heavy (non-hydrogen) atoms. The first kappa shape index (κ1) is 14.2. The quantitative estimate of drug-likeness (QED) is 0.905. The van der Waals surface area contributed by atoms with Crippen molar-refractivity contribution in [1.82, 2.24) is 14.3 Å². The van der Waals surface area contributed by atoms with Gasteiger partial charge in [0.2, 0.25) is 5.13 Å². The average molecular weight is 282 g/mol. The Morgan fingerprint density at radius 1 is 1.47 bits per heavy atom. The van der Waals surface area contributed by atoms with E-state index in [-0.39, 0.29) is 6.03 Å². The van der Waals surface area contributed by atoms with E-state index in [1.165, 1.54) is 24.4 Å². The minimum absolute atomic E-state index is 0.0449. The Morgan fingerprint density at radius 3 is 2.89 bits per heavy atom. The molecule has 5 nitrogen and oxygen atoms in total. The lowest BCUT2D eigenvalue weighted by Gasteiger charge is -2.26. The normalized spacial score (nSPS) is 24.1. The molecule has 6 heteroatoms. The van der Waals surface area contributed by atoms with Gasteiger partial charge < -0.3 is 4.90 Å². The van der Waals surface area contributed by atoms with Gasteiger partial charge >= 0.3 is 6.03 Å². The van der Waals surface area contributed by atoms with Crippen molar-refractivity contribution in [2.45, 2.75) is 46.5 Å². The molecule has 106 valence electrons. The molecule has 0 spiro atoms. The summed E-state index contributed by atoms with van der Waals surface area (Å²) in [5.41, 5.74) is 0.383. The Kier molecular flexibility index (Phi) is 4.39. The highest BCUT2D eigenvalue weighted by molar-refractivity contribution is 7.09. The fraction of sp³-hybridized carbons (Fsp3) is 0.769. The third kappa shape index (κ3) is 3.65. The third-order valence-corrected chi connectivity index (χ3v) is 4.80. The van der Waals surface area contributed by atoms with Crippen LogP contribution in [0, 0.1) is 12.3 Å². The van der Waals surface area contributed by atoms with Crippen molar-refractivity contribution in [3.05, 3.63) is 5.82 Å². The van der Waals surface area contributed by atoms with Gasteiger partial charge in [-0.15, -0.1) is 0 Å². The SMILES string of the molecule is CCC1(C)CCCN(C(=O)Nc2nc(C)ns2)CC1. The minimum Gasteiger partial charge on any atom is -0.324 e. The lowest BCUT2D eigenvalue weighted by molar-refractivity contribution is 0.208. The summed E-state index contributed by atoms with van der Waals surface area (Å²) in [6.45, 7) is 8.04. The standard InChI is InChI=1S/C13H22N4OS/c1-4-13(3)6-5-8-17(9-7-13)12(18)15-11-14-10(2)16-19-11/h4-9H2,1-3H3,(H,14,15,16,18). The summed E-state index contributed by atoms with van der Waals surface area (Å²) in [6, 6.07) is -0.0449. The summed E-state index contributed by atoms with van der Waals surface area (Å²) in [7, 11) is 0. The Bertz CT molecular complexity index is 448. The van der Waals surface area contributed by atoms with Crippen molar-refractivity contribution in [3.63, 3.8) is 0 Å². The summed E-state index contributed by atoms with van der Waals surface area (Å²) in [6.07, 6.45) is 4.53. The maximum atomic E-state index is 12.2. The molecule has 1 aliphatic heterocycles. The maximum Gasteiger partial charge on any atom is 0.323 e. The van der Waals surface area contributed by atoms with Gasteiger partial charge in [0.1, 0.15) is 5.82 Å². The Labute approximate surface area is 118 Å². The summed E-state index contributed by atoms with van der Waals surface area (Å²) in [4.78, 5) is 18.2. The van der Waals surface area contributed by atoms with Crippen LogP contribution in [0.4, 0.5) is 9.93 Å². The number of hydrogen-bond acceptors (Lipinski definition) is 4. The molecule has 1 atom stereocenters. The van der Waals surface area contributed by atoms with Crippen LogP contribution in [0.5, 0.6) is 0 Å². The molecule has 2 heterocycles. The minimum atomic E-state index is -0.0449. The highest BCUT2D eigenvalue weighted by Crippen LogP contribution is 2.34. The number of likely N-dealkylation sites (tertiary alicyclic amines) is 1. The van der Waals surface area contributed by atoms with E-state index in [9.17, 15) is 4.79 Å². The van der Waals surface area contributed by atoms with Crippen molar-refractivity contribution in [2.75, 3.05) is 18.4 Å². The number of nitrogens with one attached hydrogen (secondary N) is 1. The Hall–Kier alpha value is -1.17. The predicted molar refractivity (Wildman–Crippen MR) is 77.5 cm³/mol.